The fourth-order valence-corrected chi connectivity index (χ4v) is 2.25. The highest BCUT2D eigenvalue weighted by Crippen LogP contribution is 2.25. The van der Waals surface area contributed by atoms with Gasteiger partial charge in [-0.05, 0) is 26.3 Å². The Kier molecular flexibility index (Phi) is 5.19. The molecule has 0 saturated heterocycles. The van der Waals surface area contributed by atoms with E-state index in [-0.39, 0.29) is 0 Å². The van der Waals surface area contributed by atoms with Crippen molar-refractivity contribution in [1.29, 1.82) is 0 Å². The van der Waals surface area contributed by atoms with Crippen molar-refractivity contribution in [3.8, 4) is 0 Å². The largest absolute Gasteiger partial charge is 0.308 e. The molecule has 0 spiro atoms. The van der Waals surface area contributed by atoms with Crippen LogP contribution in [0, 0.1) is 0 Å². The number of aromatic nitrogens is 2. The lowest BCUT2D eigenvalue weighted by Crippen LogP contribution is -2.19. The predicted octanol–water partition coefficient (Wildman–Crippen LogP) is 3.11. The van der Waals surface area contributed by atoms with E-state index in [1.807, 2.05) is 0 Å². The second-order valence-corrected chi connectivity index (χ2v) is 5.00. The number of nitrogens with one attached hydrogen (secondary N) is 1. The topological polar surface area (TPSA) is 37.8 Å². The molecule has 15 heavy (non-hydrogen) atoms. The minimum atomic E-state index is 0.334. The number of hydrogen-bond donors (Lipinski definition) is 1. The standard InChI is InChI=1S/C11H21N3S/c1-5-7-12-9(4)11-14-13-10(15-11)8(3)6-2/h8-9,12H,5-7H2,1-4H3. The summed E-state index contributed by atoms with van der Waals surface area (Å²) in [5, 5.41) is 14.2. The van der Waals surface area contributed by atoms with E-state index in [1.165, 1.54) is 0 Å². The lowest BCUT2D eigenvalue weighted by atomic mass is 10.1. The van der Waals surface area contributed by atoms with Crippen LogP contribution >= 0.6 is 11.3 Å². The monoisotopic (exact) mass is 227 g/mol. The zero-order valence-corrected chi connectivity index (χ0v) is 10.9. The van der Waals surface area contributed by atoms with Gasteiger partial charge >= 0.3 is 0 Å². The SMILES string of the molecule is CCCNC(C)c1nnc(C(C)CC)s1. The summed E-state index contributed by atoms with van der Waals surface area (Å²) in [5.41, 5.74) is 0. The molecule has 0 saturated carbocycles. The fraction of sp³-hybridized carbons (Fsp3) is 0.818. The normalized spacial score (nSPS) is 15.2. The minimum absolute atomic E-state index is 0.334. The van der Waals surface area contributed by atoms with Crippen molar-refractivity contribution in [3.63, 3.8) is 0 Å². The molecule has 0 aliphatic heterocycles. The molecule has 0 aliphatic rings. The van der Waals surface area contributed by atoms with Crippen LogP contribution in [0.25, 0.3) is 0 Å². The van der Waals surface area contributed by atoms with Crippen LogP contribution < -0.4 is 5.32 Å². The van der Waals surface area contributed by atoms with Gasteiger partial charge in [0.15, 0.2) is 0 Å². The van der Waals surface area contributed by atoms with Crippen molar-refractivity contribution in [2.75, 3.05) is 6.54 Å². The molecule has 0 radical (unpaired) electrons. The fourth-order valence-electron chi connectivity index (χ4n) is 1.24. The summed E-state index contributed by atoms with van der Waals surface area (Å²) in [7, 11) is 0. The van der Waals surface area contributed by atoms with Gasteiger partial charge in [-0.1, -0.05) is 32.1 Å². The van der Waals surface area contributed by atoms with Gasteiger partial charge in [-0.2, -0.15) is 0 Å². The van der Waals surface area contributed by atoms with E-state index in [0.29, 0.717) is 12.0 Å². The van der Waals surface area contributed by atoms with E-state index in [0.717, 1.165) is 29.4 Å². The highest BCUT2D eigenvalue weighted by molar-refractivity contribution is 7.11. The van der Waals surface area contributed by atoms with Gasteiger partial charge in [0.25, 0.3) is 0 Å². The van der Waals surface area contributed by atoms with Gasteiger partial charge in [-0.3, -0.25) is 0 Å². The van der Waals surface area contributed by atoms with E-state index in [1.54, 1.807) is 11.3 Å². The number of hydrogen-bond acceptors (Lipinski definition) is 4. The highest BCUT2D eigenvalue weighted by Gasteiger charge is 2.14. The van der Waals surface area contributed by atoms with Crippen LogP contribution in [0.2, 0.25) is 0 Å². The van der Waals surface area contributed by atoms with Crippen molar-refractivity contribution in [2.45, 2.75) is 52.5 Å². The summed E-state index contributed by atoms with van der Waals surface area (Å²) < 4.78 is 0. The first-order chi connectivity index (χ1) is 7.19. The molecule has 0 amide bonds. The zero-order valence-electron chi connectivity index (χ0n) is 10.1. The smallest absolute Gasteiger partial charge is 0.134 e. The maximum Gasteiger partial charge on any atom is 0.134 e. The molecule has 0 fully saturated rings. The molecule has 1 rings (SSSR count). The molecule has 86 valence electrons. The average Bonchev–Trinajstić information content (AvgIpc) is 2.74. The van der Waals surface area contributed by atoms with Crippen LogP contribution in [0.3, 0.4) is 0 Å². The third kappa shape index (κ3) is 3.54. The van der Waals surface area contributed by atoms with Crippen LogP contribution in [0.4, 0.5) is 0 Å². The van der Waals surface area contributed by atoms with Crippen LogP contribution in [0.1, 0.15) is 62.5 Å². The van der Waals surface area contributed by atoms with Gasteiger partial charge in [0, 0.05) is 5.92 Å². The lowest BCUT2D eigenvalue weighted by molar-refractivity contribution is 0.563. The van der Waals surface area contributed by atoms with E-state index in [4.69, 9.17) is 0 Å². The number of rotatable bonds is 6. The molecule has 1 aromatic heterocycles. The van der Waals surface area contributed by atoms with Crippen LogP contribution in [-0.2, 0) is 0 Å². The first-order valence-electron chi connectivity index (χ1n) is 5.75. The van der Waals surface area contributed by atoms with Gasteiger partial charge in [-0.15, -0.1) is 10.2 Å². The summed E-state index contributed by atoms with van der Waals surface area (Å²) in [6.45, 7) is 9.75. The van der Waals surface area contributed by atoms with Crippen LogP contribution in [-0.4, -0.2) is 16.7 Å². The average molecular weight is 227 g/mol. The highest BCUT2D eigenvalue weighted by atomic mass is 32.1. The van der Waals surface area contributed by atoms with Gasteiger partial charge in [0.2, 0.25) is 0 Å². The second kappa shape index (κ2) is 6.18. The first kappa shape index (κ1) is 12.6. The van der Waals surface area contributed by atoms with Gasteiger partial charge in [0.1, 0.15) is 10.0 Å². The molecule has 1 N–H and O–H groups in total. The summed E-state index contributed by atoms with van der Waals surface area (Å²) in [6, 6.07) is 0.334. The van der Waals surface area contributed by atoms with Gasteiger partial charge in [-0.25, -0.2) is 0 Å². The maximum atomic E-state index is 4.24. The molecular formula is C11H21N3S. The summed E-state index contributed by atoms with van der Waals surface area (Å²) in [4.78, 5) is 0. The molecule has 2 unspecified atom stereocenters. The van der Waals surface area contributed by atoms with Crippen molar-refractivity contribution < 1.29 is 0 Å². The molecule has 1 heterocycles. The molecule has 1 aromatic rings. The Hall–Kier alpha value is -0.480. The second-order valence-electron chi connectivity index (χ2n) is 3.96. The zero-order chi connectivity index (χ0) is 11.3. The lowest BCUT2D eigenvalue weighted by Gasteiger charge is -2.08. The maximum absolute atomic E-state index is 4.24. The van der Waals surface area contributed by atoms with E-state index in [2.05, 4.69) is 43.2 Å². The van der Waals surface area contributed by atoms with Gasteiger partial charge < -0.3 is 5.32 Å². The Labute approximate surface area is 96.3 Å². The summed E-state index contributed by atoms with van der Waals surface area (Å²) >= 11 is 1.74. The van der Waals surface area contributed by atoms with Crippen LogP contribution in [0.15, 0.2) is 0 Å². The third-order valence-corrected chi connectivity index (χ3v) is 3.90. The predicted molar refractivity (Wildman–Crippen MR) is 65.3 cm³/mol. The Morgan fingerprint density at radius 2 is 1.87 bits per heavy atom. The van der Waals surface area contributed by atoms with Gasteiger partial charge in [0.05, 0.1) is 6.04 Å². The molecule has 2 atom stereocenters. The molecule has 4 heteroatoms. The molecular weight excluding hydrogens is 206 g/mol. The van der Waals surface area contributed by atoms with E-state index < -0.39 is 0 Å². The Balaban J connectivity index is 2.58. The molecule has 3 nitrogen and oxygen atoms in total. The number of nitrogens with zero attached hydrogens (tertiary/aromatic N) is 2. The molecule has 0 aromatic carbocycles. The van der Waals surface area contributed by atoms with Crippen molar-refractivity contribution >= 4 is 11.3 Å². The molecule has 0 aliphatic carbocycles. The Bertz CT molecular complexity index is 285. The minimum Gasteiger partial charge on any atom is -0.308 e. The summed E-state index contributed by atoms with van der Waals surface area (Å²) in [6.07, 6.45) is 2.28. The van der Waals surface area contributed by atoms with Crippen LogP contribution in [0.5, 0.6) is 0 Å². The Morgan fingerprint density at radius 1 is 1.20 bits per heavy atom. The van der Waals surface area contributed by atoms with E-state index >= 15 is 0 Å². The van der Waals surface area contributed by atoms with E-state index in [9.17, 15) is 0 Å². The summed E-state index contributed by atoms with van der Waals surface area (Å²) in [5.74, 6) is 0.537. The quantitative estimate of drug-likeness (QED) is 0.811. The third-order valence-electron chi connectivity index (χ3n) is 2.56. The van der Waals surface area contributed by atoms with Crippen molar-refractivity contribution in [2.24, 2.45) is 0 Å². The molecule has 0 bridgehead atoms. The van der Waals surface area contributed by atoms with Crippen molar-refractivity contribution in [1.82, 2.24) is 15.5 Å². The Morgan fingerprint density at radius 3 is 2.47 bits per heavy atom. The van der Waals surface area contributed by atoms with Crippen molar-refractivity contribution in [3.05, 3.63) is 10.0 Å². The first-order valence-corrected chi connectivity index (χ1v) is 6.57.